The summed E-state index contributed by atoms with van der Waals surface area (Å²) in [7, 11) is 1.24. The largest absolute Gasteiger partial charge is 0.340 e. The Hall–Kier alpha value is -0.00364. The van der Waals surface area contributed by atoms with Crippen molar-refractivity contribution in [1.29, 1.82) is 0 Å². The van der Waals surface area contributed by atoms with Crippen molar-refractivity contribution in [2.75, 3.05) is 38.5 Å². The van der Waals surface area contributed by atoms with Crippen molar-refractivity contribution in [3.63, 3.8) is 0 Å². The van der Waals surface area contributed by atoms with Crippen molar-refractivity contribution in [2.24, 2.45) is 0 Å². The summed E-state index contributed by atoms with van der Waals surface area (Å²) in [5.41, 5.74) is 5.03. The Balaban J connectivity index is 0.00000261. The average Bonchev–Trinajstić information content (AvgIpc) is 3.22. The Labute approximate surface area is 204 Å². The molecule has 0 heterocycles. The number of fused-ring (bicyclic) bond motifs is 2. The Bertz CT molecular complexity index is 779. The summed E-state index contributed by atoms with van der Waals surface area (Å²) >= 11 is 0. The van der Waals surface area contributed by atoms with Crippen LogP contribution in [0.4, 0.5) is 10.5 Å². The fourth-order valence-electron chi connectivity index (χ4n) is 3.93. The molecule has 2 aliphatic rings. The fourth-order valence-corrected chi connectivity index (χ4v) is 5.18. The van der Waals surface area contributed by atoms with Crippen LogP contribution in [0, 0.1) is 0 Å². The van der Waals surface area contributed by atoms with Gasteiger partial charge in [-0.2, -0.15) is 17.4 Å². The van der Waals surface area contributed by atoms with Crippen LogP contribution in [-0.2, 0) is 35.9 Å². The van der Waals surface area contributed by atoms with Gasteiger partial charge in [-0.05, 0) is 74.9 Å². The number of hydrogen-bond donors (Lipinski definition) is 2. The van der Waals surface area contributed by atoms with Crippen LogP contribution in [0.15, 0.2) is 6.07 Å². The van der Waals surface area contributed by atoms with E-state index in [1.54, 1.807) is 0 Å². The van der Waals surface area contributed by atoms with Gasteiger partial charge in [-0.3, -0.25) is 0 Å². The number of nitrogens with one attached hydrogen (secondary N) is 2. The molecule has 2 N–H and O–H groups in total. The molecular weight excluding hydrogens is 391 g/mol. The van der Waals surface area contributed by atoms with E-state index >= 15 is 0 Å². The van der Waals surface area contributed by atoms with Gasteiger partial charge in [0.1, 0.15) is 0 Å². The van der Waals surface area contributed by atoms with Crippen molar-refractivity contribution in [2.45, 2.75) is 38.5 Å². The van der Waals surface area contributed by atoms with Gasteiger partial charge in [0.15, 0.2) is 0 Å². The number of urea groups is 1. The van der Waals surface area contributed by atoms with Gasteiger partial charge >= 0.3 is 16.2 Å². The first kappa shape index (κ1) is 23.3. The van der Waals surface area contributed by atoms with Crippen LogP contribution in [0.25, 0.3) is 0 Å². The molecule has 3 rings (SSSR count). The number of hydrogen-bond acceptors (Lipinski definition) is 4. The van der Waals surface area contributed by atoms with Gasteiger partial charge in [0, 0.05) is 71.5 Å². The molecule has 0 bridgehead atoms. The number of nitrogens with zero attached hydrogens (tertiary/aromatic N) is 2. The van der Waals surface area contributed by atoms with Crippen LogP contribution < -0.4 is 14.3 Å². The van der Waals surface area contributed by atoms with Crippen LogP contribution in [0.5, 0.6) is 0 Å². The topological polar surface area (TPSA) is 81.8 Å². The third kappa shape index (κ3) is 4.95. The van der Waals surface area contributed by atoms with Crippen molar-refractivity contribution in [3.8, 4) is 0 Å². The summed E-state index contributed by atoms with van der Waals surface area (Å²) < 4.78 is 29.6. The smallest absolute Gasteiger partial charge is 0.336 e. The Morgan fingerprint density at radius 2 is 1.63 bits per heavy atom. The van der Waals surface area contributed by atoms with Crippen molar-refractivity contribution in [1.82, 2.24) is 14.9 Å². The van der Waals surface area contributed by atoms with Gasteiger partial charge < -0.3 is 10.2 Å². The van der Waals surface area contributed by atoms with Gasteiger partial charge in [-0.25, -0.2) is 4.79 Å². The van der Waals surface area contributed by atoms with Gasteiger partial charge in [0.25, 0.3) is 0 Å². The average molecular weight is 420 g/mol. The standard InChI is InChI=1S/C18H28N4O3S.K/c1-19-18(23)22(26(24,25)20-10-11-21(2)3)17-15-8-4-6-13(15)12-14-7-5-9-16(14)17;/h12,20H,4-11H2,1-3H3,(H,19,23);. The molecule has 1 aromatic rings. The summed E-state index contributed by atoms with van der Waals surface area (Å²) in [6, 6.07) is 1.61. The zero-order chi connectivity index (χ0) is 18.9. The van der Waals surface area contributed by atoms with Gasteiger partial charge in [0.05, 0.1) is 5.69 Å². The number of aryl methyl sites for hydroxylation is 2. The van der Waals surface area contributed by atoms with Crippen LogP contribution in [-0.4, -0.2) is 105 Å². The maximum Gasteiger partial charge on any atom is 0.336 e. The van der Waals surface area contributed by atoms with Gasteiger partial charge in [0.2, 0.25) is 0 Å². The number of anilines is 1. The molecule has 0 aromatic heterocycles. The first-order chi connectivity index (χ1) is 12.3. The first-order valence-corrected chi connectivity index (χ1v) is 10.6. The summed E-state index contributed by atoms with van der Waals surface area (Å²) in [6.45, 7) is 0.811. The molecule has 0 saturated carbocycles. The van der Waals surface area contributed by atoms with Crippen LogP contribution in [0.3, 0.4) is 0 Å². The van der Waals surface area contributed by atoms with E-state index in [-0.39, 0.29) is 57.9 Å². The molecule has 0 aliphatic heterocycles. The molecule has 1 radical (unpaired) electrons. The van der Waals surface area contributed by atoms with E-state index in [1.807, 2.05) is 19.0 Å². The van der Waals surface area contributed by atoms with Crippen LogP contribution in [0.1, 0.15) is 35.1 Å². The molecule has 27 heavy (non-hydrogen) atoms. The number of carbonyl (C=O) groups excluding carboxylic acids is 1. The van der Waals surface area contributed by atoms with Crippen molar-refractivity contribution >= 4 is 73.3 Å². The van der Waals surface area contributed by atoms with Crippen LogP contribution in [0.2, 0.25) is 0 Å². The maximum atomic E-state index is 13.0. The number of rotatable bonds is 6. The molecular formula is C18H28KN4O3S. The minimum Gasteiger partial charge on any atom is -0.340 e. The molecule has 0 atom stereocenters. The SMILES string of the molecule is CNC(=O)N(c1c2c(cc3c1CCC3)CCC2)S(=O)(=O)NCCN(C)C.[K]. The molecule has 2 amide bonds. The maximum absolute atomic E-state index is 13.0. The second kappa shape index (κ2) is 9.66. The van der Waals surface area contributed by atoms with E-state index in [2.05, 4.69) is 16.1 Å². The normalized spacial score (nSPS) is 15.3. The number of likely N-dealkylation sites (N-methyl/N-ethyl adjacent to an activating group) is 1. The van der Waals surface area contributed by atoms with E-state index in [0.29, 0.717) is 12.2 Å². The predicted octanol–water partition coefficient (Wildman–Crippen LogP) is 0.825. The minimum absolute atomic E-state index is 0. The van der Waals surface area contributed by atoms with E-state index in [0.717, 1.165) is 54.0 Å². The Morgan fingerprint density at radius 3 is 2.11 bits per heavy atom. The molecule has 145 valence electrons. The van der Waals surface area contributed by atoms with E-state index < -0.39 is 16.2 Å². The second-order valence-corrected chi connectivity index (χ2v) is 8.83. The first-order valence-electron chi connectivity index (χ1n) is 9.18. The molecule has 0 spiro atoms. The van der Waals surface area contributed by atoms with E-state index in [4.69, 9.17) is 0 Å². The molecule has 0 unspecified atom stereocenters. The molecule has 1 aromatic carbocycles. The molecule has 9 heteroatoms. The third-order valence-electron chi connectivity index (χ3n) is 5.13. The molecule has 7 nitrogen and oxygen atoms in total. The summed E-state index contributed by atoms with van der Waals surface area (Å²) in [6.07, 6.45) is 5.54. The summed E-state index contributed by atoms with van der Waals surface area (Å²) in [5.74, 6) is 0. The zero-order valence-electron chi connectivity index (χ0n) is 16.8. The van der Waals surface area contributed by atoms with Crippen molar-refractivity contribution < 1.29 is 13.2 Å². The Morgan fingerprint density at radius 1 is 1.07 bits per heavy atom. The molecule has 0 fully saturated rings. The Kier molecular flexibility index (Phi) is 8.33. The fraction of sp³-hybridized carbons (Fsp3) is 0.611. The molecule has 0 saturated heterocycles. The monoisotopic (exact) mass is 419 g/mol. The zero-order valence-corrected chi connectivity index (χ0v) is 20.7. The van der Waals surface area contributed by atoms with Gasteiger partial charge in [-0.15, -0.1) is 0 Å². The second-order valence-electron chi connectivity index (χ2n) is 7.23. The third-order valence-corrected chi connectivity index (χ3v) is 6.52. The number of benzene rings is 1. The summed E-state index contributed by atoms with van der Waals surface area (Å²) in [4.78, 5) is 14.5. The van der Waals surface area contributed by atoms with E-state index in [9.17, 15) is 13.2 Å². The van der Waals surface area contributed by atoms with Crippen LogP contribution >= 0.6 is 0 Å². The van der Waals surface area contributed by atoms with Gasteiger partial charge in [-0.1, -0.05) is 6.07 Å². The quantitative estimate of drug-likeness (QED) is 0.669. The summed E-state index contributed by atoms with van der Waals surface area (Å²) in [5, 5.41) is 2.51. The van der Waals surface area contributed by atoms with E-state index in [1.165, 1.54) is 18.2 Å². The van der Waals surface area contributed by atoms with Crippen molar-refractivity contribution in [3.05, 3.63) is 28.3 Å². The number of amides is 2. The number of carbonyl (C=O) groups is 1. The minimum atomic E-state index is -3.98. The molecule has 2 aliphatic carbocycles. The predicted molar refractivity (Wildman–Crippen MR) is 109 cm³/mol.